The Kier molecular flexibility index (Phi) is 5.21. The summed E-state index contributed by atoms with van der Waals surface area (Å²) >= 11 is 0. The summed E-state index contributed by atoms with van der Waals surface area (Å²) in [5.41, 5.74) is 0. The van der Waals surface area contributed by atoms with Crippen LogP contribution in [0.5, 0.6) is 5.75 Å². The fourth-order valence-corrected chi connectivity index (χ4v) is 1.83. The van der Waals surface area contributed by atoms with Gasteiger partial charge in [-0.05, 0) is 31.4 Å². The van der Waals surface area contributed by atoms with E-state index in [1.54, 1.807) is 19.2 Å². The normalized spacial score (nSPS) is 16.6. The van der Waals surface area contributed by atoms with Crippen LogP contribution in [0.3, 0.4) is 0 Å². The van der Waals surface area contributed by atoms with Gasteiger partial charge in [0.15, 0.2) is 5.96 Å². The quantitative estimate of drug-likeness (QED) is 0.620. The molecule has 20 heavy (non-hydrogen) atoms. The molecule has 1 aliphatic rings. The van der Waals surface area contributed by atoms with Crippen LogP contribution < -0.4 is 15.4 Å². The molecular weight excluding hydrogens is 257 g/mol. The van der Waals surface area contributed by atoms with E-state index in [0.29, 0.717) is 18.3 Å². The Bertz CT molecular complexity index is 460. The van der Waals surface area contributed by atoms with Crippen molar-refractivity contribution in [3.8, 4) is 5.75 Å². The summed E-state index contributed by atoms with van der Waals surface area (Å²) in [6.45, 7) is 2.68. The molecule has 1 unspecified atom stereocenters. The average Bonchev–Trinajstić information content (AvgIpc) is 3.25. The van der Waals surface area contributed by atoms with Gasteiger partial charge >= 0.3 is 0 Å². The van der Waals surface area contributed by atoms with Crippen molar-refractivity contribution in [3.05, 3.63) is 30.1 Å². The number of ether oxygens (including phenoxy) is 1. The van der Waals surface area contributed by atoms with Crippen molar-refractivity contribution in [2.75, 3.05) is 13.6 Å². The Morgan fingerprint density at radius 2 is 2.30 bits per heavy atom. The van der Waals surface area contributed by atoms with Gasteiger partial charge in [0.2, 0.25) is 0 Å². The number of nitrogens with one attached hydrogen (secondary N) is 2. The number of aliphatic imine (C=N–C) groups is 1. The van der Waals surface area contributed by atoms with Gasteiger partial charge in [0.25, 0.3) is 0 Å². The second-order valence-electron chi connectivity index (χ2n) is 4.98. The molecule has 0 aliphatic heterocycles. The first kappa shape index (κ1) is 14.6. The van der Waals surface area contributed by atoms with Crippen LogP contribution in [-0.2, 0) is 0 Å². The molecule has 2 rings (SSSR count). The van der Waals surface area contributed by atoms with Gasteiger partial charge in [0.05, 0.1) is 6.54 Å². The number of rotatable bonds is 6. The summed E-state index contributed by atoms with van der Waals surface area (Å²) < 4.78 is 18.9. The van der Waals surface area contributed by atoms with Gasteiger partial charge in [-0.15, -0.1) is 0 Å². The van der Waals surface area contributed by atoms with E-state index in [9.17, 15) is 4.39 Å². The third-order valence-corrected chi connectivity index (χ3v) is 3.19. The highest BCUT2D eigenvalue weighted by Gasteiger charge is 2.22. The zero-order valence-corrected chi connectivity index (χ0v) is 12.0. The number of guanidine groups is 1. The highest BCUT2D eigenvalue weighted by Crippen LogP contribution is 2.18. The minimum Gasteiger partial charge on any atom is -0.489 e. The lowest BCUT2D eigenvalue weighted by Crippen LogP contribution is -2.43. The number of hydrogen-bond acceptors (Lipinski definition) is 2. The van der Waals surface area contributed by atoms with Gasteiger partial charge in [-0.2, -0.15) is 0 Å². The molecule has 1 aliphatic carbocycles. The first-order chi connectivity index (χ1) is 9.71. The molecule has 0 spiro atoms. The van der Waals surface area contributed by atoms with Gasteiger partial charge in [-0.1, -0.05) is 13.0 Å². The lowest BCUT2D eigenvalue weighted by atomic mass is 10.2. The van der Waals surface area contributed by atoms with E-state index in [1.165, 1.54) is 25.0 Å². The Morgan fingerprint density at radius 1 is 1.50 bits per heavy atom. The van der Waals surface area contributed by atoms with Crippen LogP contribution in [-0.4, -0.2) is 31.7 Å². The van der Waals surface area contributed by atoms with Crippen molar-refractivity contribution in [1.29, 1.82) is 0 Å². The molecule has 0 saturated heterocycles. The smallest absolute Gasteiger partial charge is 0.191 e. The van der Waals surface area contributed by atoms with Gasteiger partial charge in [-0.3, -0.25) is 4.99 Å². The third kappa shape index (κ3) is 4.72. The van der Waals surface area contributed by atoms with E-state index in [-0.39, 0.29) is 11.9 Å². The minimum atomic E-state index is -0.281. The van der Waals surface area contributed by atoms with Crippen LogP contribution >= 0.6 is 0 Å². The molecular formula is C15H22FN3O. The highest BCUT2D eigenvalue weighted by molar-refractivity contribution is 5.80. The molecule has 2 N–H and O–H groups in total. The molecule has 0 amide bonds. The predicted molar refractivity (Wildman–Crippen MR) is 78.6 cm³/mol. The molecule has 110 valence electrons. The lowest BCUT2D eigenvalue weighted by molar-refractivity contribution is 0.198. The molecule has 0 radical (unpaired) electrons. The SMILES string of the molecule is CCC(CNC(=NC)NC1CC1)Oc1cccc(F)c1. The van der Waals surface area contributed by atoms with Crippen LogP contribution in [0, 0.1) is 5.82 Å². The van der Waals surface area contributed by atoms with Crippen molar-refractivity contribution in [1.82, 2.24) is 10.6 Å². The molecule has 1 atom stereocenters. The summed E-state index contributed by atoms with van der Waals surface area (Å²) in [5, 5.41) is 6.56. The van der Waals surface area contributed by atoms with Crippen LogP contribution in [0.2, 0.25) is 0 Å². The predicted octanol–water partition coefficient (Wildman–Crippen LogP) is 2.31. The fraction of sp³-hybridized carbons (Fsp3) is 0.533. The van der Waals surface area contributed by atoms with Gasteiger partial charge in [0.1, 0.15) is 17.7 Å². The zero-order valence-electron chi connectivity index (χ0n) is 12.0. The van der Waals surface area contributed by atoms with E-state index >= 15 is 0 Å². The largest absolute Gasteiger partial charge is 0.489 e. The zero-order chi connectivity index (χ0) is 14.4. The summed E-state index contributed by atoms with van der Waals surface area (Å²) in [6.07, 6.45) is 3.23. The van der Waals surface area contributed by atoms with Crippen molar-refractivity contribution in [2.45, 2.75) is 38.3 Å². The summed E-state index contributed by atoms with van der Waals surface area (Å²) in [6, 6.07) is 6.79. The molecule has 0 heterocycles. The second kappa shape index (κ2) is 7.12. The summed E-state index contributed by atoms with van der Waals surface area (Å²) in [4.78, 5) is 4.17. The van der Waals surface area contributed by atoms with E-state index in [4.69, 9.17) is 4.74 Å². The van der Waals surface area contributed by atoms with Gasteiger partial charge in [0, 0.05) is 19.2 Å². The second-order valence-corrected chi connectivity index (χ2v) is 4.98. The summed E-state index contributed by atoms with van der Waals surface area (Å²) in [5.74, 6) is 1.08. The first-order valence-corrected chi connectivity index (χ1v) is 7.10. The maximum absolute atomic E-state index is 13.1. The maximum Gasteiger partial charge on any atom is 0.191 e. The maximum atomic E-state index is 13.1. The number of hydrogen-bond donors (Lipinski definition) is 2. The van der Waals surface area contributed by atoms with Crippen LogP contribution in [0.25, 0.3) is 0 Å². The van der Waals surface area contributed by atoms with E-state index in [0.717, 1.165) is 12.4 Å². The molecule has 4 nitrogen and oxygen atoms in total. The Hall–Kier alpha value is -1.78. The summed E-state index contributed by atoms with van der Waals surface area (Å²) in [7, 11) is 1.76. The molecule has 1 aromatic carbocycles. The Morgan fingerprint density at radius 3 is 2.90 bits per heavy atom. The fourth-order valence-electron chi connectivity index (χ4n) is 1.83. The topological polar surface area (TPSA) is 45.7 Å². The molecule has 1 saturated carbocycles. The van der Waals surface area contributed by atoms with Crippen molar-refractivity contribution in [3.63, 3.8) is 0 Å². The molecule has 1 fully saturated rings. The van der Waals surface area contributed by atoms with E-state index < -0.39 is 0 Å². The lowest BCUT2D eigenvalue weighted by Gasteiger charge is -2.20. The van der Waals surface area contributed by atoms with Crippen LogP contribution in [0.15, 0.2) is 29.3 Å². The number of benzene rings is 1. The standard InChI is InChI=1S/C15H22FN3O/c1-3-13(20-14-6-4-5-11(16)9-14)10-18-15(17-2)19-12-7-8-12/h4-6,9,12-13H,3,7-8,10H2,1-2H3,(H2,17,18,19). The van der Waals surface area contributed by atoms with Crippen molar-refractivity contribution < 1.29 is 9.13 Å². The first-order valence-electron chi connectivity index (χ1n) is 7.10. The van der Waals surface area contributed by atoms with Gasteiger partial charge < -0.3 is 15.4 Å². The third-order valence-electron chi connectivity index (χ3n) is 3.19. The van der Waals surface area contributed by atoms with E-state index in [2.05, 4.69) is 15.6 Å². The Balaban J connectivity index is 1.82. The average molecular weight is 279 g/mol. The van der Waals surface area contributed by atoms with Gasteiger partial charge in [-0.25, -0.2) is 4.39 Å². The highest BCUT2D eigenvalue weighted by atomic mass is 19.1. The Labute approximate surface area is 119 Å². The number of halogens is 1. The molecule has 0 bridgehead atoms. The monoisotopic (exact) mass is 279 g/mol. The van der Waals surface area contributed by atoms with Crippen LogP contribution in [0.1, 0.15) is 26.2 Å². The molecule has 5 heteroatoms. The van der Waals surface area contributed by atoms with E-state index in [1.807, 2.05) is 6.92 Å². The van der Waals surface area contributed by atoms with Crippen LogP contribution in [0.4, 0.5) is 4.39 Å². The molecule has 0 aromatic heterocycles. The van der Waals surface area contributed by atoms with Crippen molar-refractivity contribution >= 4 is 5.96 Å². The minimum absolute atomic E-state index is 0.0189. The molecule has 1 aromatic rings. The number of nitrogens with zero attached hydrogens (tertiary/aromatic N) is 1. The van der Waals surface area contributed by atoms with Crippen molar-refractivity contribution in [2.24, 2.45) is 4.99 Å².